The van der Waals surface area contributed by atoms with Gasteiger partial charge < -0.3 is 13.7 Å². The molecule has 3 heterocycles. The minimum atomic E-state index is -0.382. The molecule has 64 heavy (non-hydrogen) atoms. The zero-order chi connectivity index (χ0) is 41.7. The smallest absolute Gasteiger partial charge is 0.0725 e. The fourth-order valence-corrected chi connectivity index (χ4v) is 12.2. The molecule has 0 radical (unpaired) electrons. The van der Waals surface area contributed by atoms with Gasteiger partial charge in [-0.1, -0.05) is 152 Å². The summed E-state index contributed by atoms with van der Waals surface area (Å²) in [6.07, 6.45) is 0. The van der Waals surface area contributed by atoms with Crippen LogP contribution in [0.2, 0.25) is 0 Å². The summed E-state index contributed by atoms with van der Waals surface area (Å²) in [6.45, 7) is 0. The maximum Gasteiger partial charge on any atom is 0.0725 e. The van der Waals surface area contributed by atoms with Gasteiger partial charge in [-0.3, -0.25) is 0 Å². The zero-order valence-corrected chi connectivity index (χ0v) is 34.7. The Morgan fingerprint density at radius 1 is 0.219 bits per heavy atom. The summed E-state index contributed by atoms with van der Waals surface area (Å²) in [5.74, 6) is 0. The Morgan fingerprint density at radius 2 is 0.516 bits per heavy atom. The summed E-state index contributed by atoms with van der Waals surface area (Å²) < 4.78 is 7.38. The topological polar surface area (TPSA) is 14.8 Å². The number of hydrogen-bond acceptors (Lipinski definition) is 0. The van der Waals surface area contributed by atoms with E-state index in [1.807, 2.05) is 0 Å². The van der Waals surface area contributed by atoms with E-state index in [0.717, 1.165) is 17.1 Å². The van der Waals surface area contributed by atoms with E-state index in [4.69, 9.17) is 0 Å². The van der Waals surface area contributed by atoms with Crippen molar-refractivity contribution in [3.63, 3.8) is 0 Å². The van der Waals surface area contributed by atoms with Crippen molar-refractivity contribution < 1.29 is 0 Å². The molecule has 10 aromatic carbocycles. The van der Waals surface area contributed by atoms with Crippen LogP contribution in [-0.2, 0) is 5.41 Å². The van der Waals surface area contributed by atoms with Gasteiger partial charge in [0.2, 0.25) is 0 Å². The highest BCUT2D eigenvalue weighted by atomic mass is 15.0. The molecule has 0 bridgehead atoms. The first-order valence-electron chi connectivity index (χ1n) is 22.3. The van der Waals surface area contributed by atoms with Gasteiger partial charge in [0.1, 0.15) is 0 Å². The predicted molar refractivity (Wildman–Crippen MR) is 266 cm³/mol. The molecule has 0 fully saturated rings. The molecular formula is C61H37N3. The molecule has 13 aromatic rings. The molecule has 0 unspecified atom stereocenters. The molecule has 0 amide bonds. The molecule has 3 nitrogen and oxygen atoms in total. The van der Waals surface area contributed by atoms with Crippen LogP contribution in [0, 0.1) is 0 Å². The SMILES string of the molecule is c1ccc2c(c1)-c1ccccc1C21c2ccccc2-c2cc(-n3c4ccc(-n5c6ccccc6c6ccccc65)cc4c4cc(-n5c6ccccc6c6ccccc65)ccc43)ccc21. The van der Waals surface area contributed by atoms with Crippen LogP contribution in [0.15, 0.2) is 224 Å². The zero-order valence-electron chi connectivity index (χ0n) is 34.7. The average Bonchev–Trinajstić information content (AvgIpc) is 4.13. The fraction of sp³-hybridized carbons (Fsp3) is 0.0164. The molecule has 0 saturated carbocycles. The van der Waals surface area contributed by atoms with E-state index in [1.54, 1.807) is 0 Å². The average molecular weight is 812 g/mol. The molecular weight excluding hydrogens is 775 g/mol. The molecule has 0 N–H and O–H groups in total. The standard InChI is InChI=1S/C61H37N3/c1-8-22-51-41(15-1)42-16-2-9-23-52(42)61(51)53-24-10-3-17-43(53)48-35-38(29-32-54(48)61)64-59-33-30-39(62-55-25-11-4-18-44(55)45-19-5-12-26-56(45)62)36-49(59)50-37-40(31-34-60(50)64)63-57-27-13-6-20-46(57)47-21-7-14-28-58(47)63/h1-37H. The molecule has 296 valence electrons. The van der Waals surface area contributed by atoms with Gasteiger partial charge in [0, 0.05) is 49.4 Å². The van der Waals surface area contributed by atoms with Crippen molar-refractivity contribution in [1.82, 2.24) is 13.7 Å². The first kappa shape index (κ1) is 34.2. The van der Waals surface area contributed by atoms with Gasteiger partial charge in [0.05, 0.1) is 38.5 Å². The van der Waals surface area contributed by atoms with Crippen molar-refractivity contribution in [1.29, 1.82) is 0 Å². The lowest BCUT2D eigenvalue weighted by molar-refractivity contribution is 0.793. The summed E-state index contributed by atoms with van der Waals surface area (Å²) in [5.41, 5.74) is 20.9. The molecule has 15 rings (SSSR count). The Labute approximate surface area is 368 Å². The summed E-state index contributed by atoms with van der Waals surface area (Å²) >= 11 is 0. The first-order valence-corrected chi connectivity index (χ1v) is 22.3. The maximum atomic E-state index is 2.50. The largest absolute Gasteiger partial charge is 0.309 e. The van der Waals surface area contributed by atoms with Gasteiger partial charge >= 0.3 is 0 Å². The number of para-hydroxylation sites is 4. The Balaban J connectivity index is 1.02. The summed E-state index contributed by atoms with van der Waals surface area (Å²) in [7, 11) is 0. The number of fused-ring (bicyclic) bond motifs is 19. The van der Waals surface area contributed by atoms with Gasteiger partial charge in [-0.15, -0.1) is 0 Å². The van der Waals surface area contributed by atoms with Crippen LogP contribution in [0.25, 0.3) is 105 Å². The van der Waals surface area contributed by atoms with Crippen LogP contribution in [0.1, 0.15) is 22.3 Å². The van der Waals surface area contributed by atoms with Gasteiger partial charge in [0.15, 0.2) is 0 Å². The van der Waals surface area contributed by atoms with Gasteiger partial charge in [0.25, 0.3) is 0 Å². The van der Waals surface area contributed by atoms with E-state index in [9.17, 15) is 0 Å². The number of aromatic nitrogens is 3. The van der Waals surface area contributed by atoms with Crippen molar-refractivity contribution in [2.75, 3.05) is 0 Å². The highest BCUT2D eigenvalue weighted by Crippen LogP contribution is 2.63. The summed E-state index contributed by atoms with van der Waals surface area (Å²) in [4.78, 5) is 0. The van der Waals surface area contributed by atoms with E-state index >= 15 is 0 Å². The van der Waals surface area contributed by atoms with Crippen molar-refractivity contribution in [3.8, 4) is 39.3 Å². The highest BCUT2D eigenvalue weighted by Gasteiger charge is 2.51. The Morgan fingerprint density at radius 3 is 0.938 bits per heavy atom. The second-order valence-electron chi connectivity index (χ2n) is 17.6. The van der Waals surface area contributed by atoms with Crippen molar-refractivity contribution in [2.24, 2.45) is 0 Å². The molecule has 2 aliphatic carbocycles. The first-order chi connectivity index (χ1) is 31.8. The fourth-order valence-electron chi connectivity index (χ4n) is 12.2. The molecule has 0 saturated heterocycles. The van der Waals surface area contributed by atoms with Crippen LogP contribution < -0.4 is 0 Å². The highest BCUT2D eigenvalue weighted by molar-refractivity contribution is 6.14. The Bertz CT molecular complexity index is 3830. The lowest BCUT2D eigenvalue weighted by Gasteiger charge is -2.30. The third-order valence-electron chi connectivity index (χ3n) is 14.6. The van der Waals surface area contributed by atoms with Gasteiger partial charge in [-0.05, 0) is 117 Å². The second kappa shape index (κ2) is 12.4. The molecule has 2 aliphatic rings. The molecule has 0 aliphatic heterocycles. The Kier molecular flexibility index (Phi) is 6.61. The van der Waals surface area contributed by atoms with Gasteiger partial charge in [-0.25, -0.2) is 0 Å². The minimum absolute atomic E-state index is 0.382. The van der Waals surface area contributed by atoms with E-state index in [2.05, 4.69) is 238 Å². The van der Waals surface area contributed by atoms with E-state index in [-0.39, 0.29) is 5.41 Å². The van der Waals surface area contributed by atoms with Crippen LogP contribution in [0.4, 0.5) is 0 Å². The number of benzene rings is 10. The van der Waals surface area contributed by atoms with Crippen molar-refractivity contribution >= 4 is 65.4 Å². The Hall–Kier alpha value is -8.40. The molecule has 1 spiro atoms. The van der Waals surface area contributed by atoms with Crippen LogP contribution in [0.3, 0.4) is 0 Å². The van der Waals surface area contributed by atoms with Gasteiger partial charge in [-0.2, -0.15) is 0 Å². The summed E-state index contributed by atoms with van der Waals surface area (Å²) in [6, 6.07) is 83.8. The quantitative estimate of drug-likeness (QED) is 0.169. The molecule has 3 aromatic heterocycles. The molecule has 3 heteroatoms. The maximum absolute atomic E-state index is 2.50. The van der Waals surface area contributed by atoms with E-state index in [1.165, 1.54) is 110 Å². The van der Waals surface area contributed by atoms with Crippen molar-refractivity contribution in [3.05, 3.63) is 247 Å². The van der Waals surface area contributed by atoms with Crippen LogP contribution in [-0.4, -0.2) is 13.7 Å². The minimum Gasteiger partial charge on any atom is -0.309 e. The third kappa shape index (κ3) is 4.21. The lowest BCUT2D eigenvalue weighted by atomic mass is 9.70. The number of nitrogens with zero attached hydrogens (tertiary/aromatic N) is 3. The van der Waals surface area contributed by atoms with E-state index in [0.29, 0.717) is 0 Å². The number of rotatable bonds is 3. The van der Waals surface area contributed by atoms with Crippen LogP contribution >= 0.6 is 0 Å². The van der Waals surface area contributed by atoms with Crippen molar-refractivity contribution in [2.45, 2.75) is 5.41 Å². The second-order valence-corrected chi connectivity index (χ2v) is 17.6. The van der Waals surface area contributed by atoms with E-state index < -0.39 is 0 Å². The lowest BCUT2D eigenvalue weighted by Crippen LogP contribution is -2.25. The number of hydrogen-bond donors (Lipinski definition) is 0. The normalized spacial score (nSPS) is 13.4. The monoisotopic (exact) mass is 811 g/mol. The summed E-state index contributed by atoms with van der Waals surface area (Å²) in [5, 5.41) is 7.48. The molecule has 0 atom stereocenters. The predicted octanol–water partition coefficient (Wildman–Crippen LogP) is 15.3. The third-order valence-corrected chi connectivity index (χ3v) is 14.6. The van der Waals surface area contributed by atoms with Crippen LogP contribution in [0.5, 0.6) is 0 Å².